The second kappa shape index (κ2) is 8.55. The van der Waals surface area contributed by atoms with Gasteiger partial charge in [0, 0.05) is 48.9 Å². The lowest BCUT2D eigenvalue weighted by atomic mass is 10.0. The van der Waals surface area contributed by atoms with Gasteiger partial charge in [0.25, 0.3) is 5.91 Å². The Hall–Kier alpha value is -4.13. The molecular weight excluding hydrogens is 404 g/mol. The van der Waals surface area contributed by atoms with E-state index in [1.54, 1.807) is 37.4 Å². The highest BCUT2D eigenvalue weighted by molar-refractivity contribution is 6.10. The van der Waals surface area contributed by atoms with E-state index in [0.29, 0.717) is 23.3 Å². The number of benzene rings is 3. The fraction of sp³-hybridized carbons (Fsp3) is 0.160. The molecule has 0 atom stereocenters. The van der Waals surface area contributed by atoms with E-state index in [9.17, 15) is 14.7 Å². The summed E-state index contributed by atoms with van der Waals surface area (Å²) in [7, 11) is 1.63. The van der Waals surface area contributed by atoms with Crippen LogP contribution in [0, 0.1) is 6.92 Å². The van der Waals surface area contributed by atoms with E-state index >= 15 is 0 Å². The number of aryl methyl sites for hydroxylation is 1. The van der Waals surface area contributed by atoms with Gasteiger partial charge in [-0.1, -0.05) is 35.9 Å². The molecule has 1 aromatic heterocycles. The van der Waals surface area contributed by atoms with Crippen molar-refractivity contribution in [3.8, 4) is 5.75 Å². The number of carbonyl (C=O) groups excluding carboxylic acids is 2. The second-order valence-corrected chi connectivity index (χ2v) is 7.85. The first-order valence-electron chi connectivity index (χ1n) is 10.2. The third kappa shape index (κ3) is 4.32. The van der Waals surface area contributed by atoms with Crippen molar-refractivity contribution in [1.82, 2.24) is 10.2 Å². The lowest BCUT2D eigenvalue weighted by molar-refractivity contribution is -0.114. The van der Waals surface area contributed by atoms with Crippen molar-refractivity contribution in [2.45, 2.75) is 20.3 Å². The van der Waals surface area contributed by atoms with Gasteiger partial charge in [0.05, 0.1) is 11.1 Å². The van der Waals surface area contributed by atoms with Gasteiger partial charge in [-0.25, -0.2) is 0 Å². The number of hydrogen-bond acceptors (Lipinski definition) is 4. The molecule has 0 radical (unpaired) electrons. The third-order valence-electron chi connectivity index (χ3n) is 5.30. The van der Waals surface area contributed by atoms with Crippen LogP contribution < -0.4 is 10.2 Å². The predicted molar refractivity (Wildman–Crippen MR) is 125 cm³/mol. The molecule has 1 heterocycles. The van der Waals surface area contributed by atoms with Crippen LogP contribution in [0.4, 0.5) is 11.4 Å². The summed E-state index contributed by atoms with van der Waals surface area (Å²) in [5, 5.41) is 21.3. The van der Waals surface area contributed by atoms with Crippen LogP contribution in [-0.4, -0.2) is 34.2 Å². The van der Waals surface area contributed by atoms with Crippen molar-refractivity contribution in [2.24, 2.45) is 0 Å². The van der Waals surface area contributed by atoms with E-state index in [-0.39, 0.29) is 23.1 Å². The standard InChI is InChI=1S/C25H24N4O3/c1-15-6-4-7-17(10-15)11-22-20-13-21(24(31)14-23(20)28-27-22)25(32)29(3)19-9-5-8-18(12-19)26-16(2)30/h4-10,12-14,31H,11H2,1-3H3,(H,26,30)(H,27,28). The van der Waals surface area contributed by atoms with Crippen LogP contribution in [0.1, 0.15) is 34.1 Å². The number of phenolic OH excluding ortho intramolecular Hbond substituents is 1. The third-order valence-corrected chi connectivity index (χ3v) is 5.30. The maximum atomic E-state index is 13.2. The molecule has 0 aliphatic carbocycles. The van der Waals surface area contributed by atoms with Gasteiger partial charge in [-0.05, 0) is 36.8 Å². The van der Waals surface area contributed by atoms with Crippen LogP contribution in [0.5, 0.6) is 5.75 Å². The number of aromatic nitrogens is 2. The number of carbonyl (C=O) groups is 2. The highest BCUT2D eigenvalue weighted by Gasteiger charge is 2.20. The van der Waals surface area contributed by atoms with Crippen LogP contribution in [0.3, 0.4) is 0 Å². The Kier molecular flexibility index (Phi) is 5.64. The number of nitrogens with zero attached hydrogens (tertiary/aromatic N) is 2. The van der Waals surface area contributed by atoms with Crippen molar-refractivity contribution < 1.29 is 14.7 Å². The minimum Gasteiger partial charge on any atom is -0.507 e. The molecule has 32 heavy (non-hydrogen) atoms. The highest BCUT2D eigenvalue weighted by Crippen LogP contribution is 2.29. The number of nitrogens with one attached hydrogen (secondary N) is 2. The molecule has 7 heteroatoms. The zero-order valence-corrected chi connectivity index (χ0v) is 18.1. The number of hydrogen-bond donors (Lipinski definition) is 3. The Morgan fingerprint density at radius 1 is 1.09 bits per heavy atom. The molecule has 4 aromatic rings. The van der Waals surface area contributed by atoms with E-state index < -0.39 is 0 Å². The van der Waals surface area contributed by atoms with Gasteiger partial charge >= 0.3 is 0 Å². The summed E-state index contributed by atoms with van der Waals surface area (Å²) in [6, 6.07) is 18.3. The van der Waals surface area contributed by atoms with Crippen LogP contribution >= 0.6 is 0 Å². The number of fused-ring (bicyclic) bond motifs is 1. The Balaban J connectivity index is 1.67. The van der Waals surface area contributed by atoms with E-state index in [1.165, 1.54) is 23.5 Å². The van der Waals surface area contributed by atoms with Crippen molar-refractivity contribution in [3.05, 3.63) is 83.0 Å². The van der Waals surface area contributed by atoms with E-state index in [2.05, 4.69) is 21.6 Å². The Labute approximate surface area is 185 Å². The number of phenols is 1. The molecule has 162 valence electrons. The summed E-state index contributed by atoms with van der Waals surface area (Å²) in [5.41, 5.74) is 5.12. The summed E-state index contributed by atoms with van der Waals surface area (Å²) >= 11 is 0. The maximum Gasteiger partial charge on any atom is 0.261 e. The Morgan fingerprint density at radius 3 is 2.62 bits per heavy atom. The highest BCUT2D eigenvalue weighted by atomic mass is 16.3. The number of anilines is 2. The average Bonchev–Trinajstić information content (AvgIpc) is 3.13. The first-order valence-corrected chi connectivity index (χ1v) is 10.2. The molecule has 0 aliphatic heterocycles. The summed E-state index contributed by atoms with van der Waals surface area (Å²) in [6.07, 6.45) is 0.630. The maximum absolute atomic E-state index is 13.2. The van der Waals surface area contributed by atoms with Crippen LogP contribution in [0.15, 0.2) is 60.7 Å². The minimum atomic E-state index is -0.368. The van der Waals surface area contributed by atoms with Gasteiger partial charge in [-0.15, -0.1) is 0 Å². The van der Waals surface area contributed by atoms with Gasteiger partial charge in [0.2, 0.25) is 5.91 Å². The zero-order valence-electron chi connectivity index (χ0n) is 18.1. The molecule has 2 amide bonds. The molecule has 0 bridgehead atoms. The molecule has 0 aliphatic rings. The first-order chi connectivity index (χ1) is 15.3. The zero-order chi connectivity index (χ0) is 22.8. The largest absolute Gasteiger partial charge is 0.507 e. The van der Waals surface area contributed by atoms with Crippen molar-refractivity contribution in [1.29, 1.82) is 0 Å². The number of rotatable bonds is 5. The number of aromatic hydroxyl groups is 1. The summed E-state index contributed by atoms with van der Waals surface area (Å²) in [6.45, 7) is 3.47. The summed E-state index contributed by atoms with van der Waals surface area (Å²) in [4.78, 5) is 26.0. The lowest BCUT2D eigenvalue weighted by Gasteiger charge is -2.19. The van der Waals surface area contributed by atoms with Gasteiger partial charge in [-0.2, -0.15) is 5.10 Å². The molecule has 3 aromatic carbocycles. The molecule has 0 spiro atoms. The van der Waals surface area contributed by atoms with E-state index in [4.69, 9.17) is 0 Å². The molecule has 0 unspecified atom stereocenters. The predicted octanol–water partition coefficient (Wildman–Crippen LogP) is 4.40. The molecule has 0 saturated carbocycles. The summed E-state index contributed by atoms with van der Waals surface area (Å²) < 4.78 is 0. The monoisotopic (exact) mass is 428 g/mol. The van der Waals surface area contributed by atoms with Crippen LogP contribution in [-0.2, 0) is 11.2 Å². The molecule has 0 fully saturated rings. The van der Waals surface area contributed by atoms with Crippen molar-refractivity contribution in [3.63, 3.8) is 0 Å². The van der Waals surface area contributed by atoms with Crippen LogP contribution in [0.25, 0.3) is 10.9 Å². The average molecular weight is 428 g/mol. The molecule has 7 nitrogen and oxygen atoms in total. The van der Waals surface area contributed by atoms with Gasteiger partial charge in [0.15, 0.2) is 0 Å². The molecule has 3 N–H and O–H groups in total. The first kappa shape index (κ1) is 21.1. The number of amides is 2. The Morgan fingerprint density at radius 2 is 1.88 bits per heavy atom. The molecule has 4 rings (SSSR count). The van der Waals surface area contributed by atoms with Gasteiger partial charge in [0.1, 0.15) is 5.75 Å². The second-order valence-electron chi connectivity index (χ2n) is 7.85. The van der Waals surface area contributed by atoms with Gasteiger partial charge in [-0.3, -0.25) is 14.7 Å². The summed E-state index contributed by atoms with van der Waals surface area (Å²) in [5.74, 6) is -0.701. The fourth-order valence-electron chi connectivity index (χ4n) is 3.73. The number of H-pyrrole nitrogens is 1. The fourth-order valence-corrected chi connectivity index (χ4v) is 3.73. The molecular formula is C25H24N4O3. The topological polar surface area (TPSA) is 98.3 Å². The smallest absolute Gasteiger partial charge is 0.261 e. The minimum absolute atomic E-state index is 0.138. The molecule has 0 saturated heterocycles. The number of aromatic amines is 1. The van der Waals surface area contributed by atoms with E-state index in [1.807, 2.05) is 25.1 Å². The van der Waals surface area contributed by atoms with Crippen LogP contribution in [0.2, 0.25) is 0 Å². The van der Waals surface area contributed by atoms with Gasteiger partial charge < -0.3 is 15.3 Å². The van der Waals surface area contributed by atoms with Crippen molar-refractivity contribution in [2.75, 3.05) is 17.3 Å². The van der Waals surface area contributed by atoms with E-state index in [0.717, 1.165) is 16.6 Å². The Bertz CT molecular complexity index is 1330. The SMILES string of the molecule is CC(=O)Nc1cccc(N(C)C(=O)c2cc3c(Cc4cccc(C)c4)[nH]nc3cc2O)c1. The normalized spacial score (nSPS) is 10.8. The lowest BCUT2D eigenvalue weighted by Crippen LogP contribution is -2.26. The quantitative estimate of drug-likeness (QED) is 0.439. The van der Waals surface area contributed by atoms with Crippen molar-refractivity contribution >= 4 is 34.1 Å².